The van der Waals surface area contributed by atoms with Crippen LogP contribution in [0.5, 0.6) is 0 Å². The molecule has 0 saturated carbocycles. The standard InChI is InChI=1S/C2H6O4S/c1-5-7(3,4)6-2/h1-2H3/i1D3,2D3. The summed E-state index contributed by atoms with van der Waals surface area (Å²) < 4.78 is 66.0. The van der Waals surface area contributed by atoms with E-state index in [1.807, 2.05) is 0 Å². The van der Waals surface area contributed by atoms with E-state index >= 15 is 0 Å². The predicted octanol–water partition coefficient (Wildman–Crippen LogP) is -0.476. The first kappa shape index (κ1) is 1.68. The van der Waals surface area contributed by atoms with Crippen LogP contribution in [0.3, 0.4) is 0 Å². The number of hydrogen-bond donors (Lipinski definition) is 0. The molecule has 0 spiro atoms. The smallest absolute Gasteiger partial charge is 0.252 e. The van der Waals surface area contributed by atoms with E-state index in [2.05, 4.69) is 8.37 Å². The molecular weight excluding hydrogens is 120 g/mol. The number of rotatable bonds is 2. The Morgan fingerprint density at radius 2 is 1.86 bits per heavy atom. The van der Waals surface area contributed by atoms with Crippen molar-refractivity contribution in [2.45, 2.75) is 0 Å². The van der Waals surface area contributed by atoms with E-state index in [-0.39, 0.29) is 0 Å². The maximum absolute atomic E-state index is 10.5. The van der Waals surface area contributed by atoms with Gasteiger partial charge in [0.1, 0.15) is 0 Å². The molecule has 0 saturated heterocycles. The third-order valence-corrected chi connectivity index (χ3v) is 0.612. The first-order valence-corrected chi connectivity index (χ1v) is 2.41. The highest BCUT2D eigenvalue weighted by atomic mass is 32.3. The molecule has 0 unspecified atom stereocenters. The fraction of sp³-hybridized carbons (Fsp3) is 1.00. The Bertz CT molecular complexity index is 237. The van der Waals surface area contributed by atoms with Crippen LogP contribution in [0.25, 0.3) is 0 Å². The molecule has 0 radical (unpaired) electrons. The first-order valence-electron chi connectivity index (χ1n) is 4.07. The van der Waals surface area contributed by atoms with Gasteiger partial charge in [0.15, 0.2) is 0 Å². The molecule has 0 aromatic rings. The van der Waals surface area contributed by atoms with Crippen LogP contribution in [0, 0.1) is 0 Å². The topological polar surface area (TPSA) is 52.6 Å². The Morgan fingerprint density at radius 3 is 2.14 bits per heavy atom. The van der Waals surface area contributed by atoms with Gasteiger partial charge in [-0.15, -0.1) is 0 Å². The second kappa shape index (κ2) is 2.25. The van der Waals surface area contributed by atoms with Crippen LogP contribution in [0.4, 0.5) is 0 Å². The fourth-order valence-electron chi connectivity index (χ4n) is 0.0170. The summed E-state index contributed by atoms with van der Waals surface area (Å²) in [6, 6.07) is 0. The molecule has 4 nitrogen and oxygen atoms in total. The van der Waals surface area contributed by atoms with Crippen molar-refractivity contribution < 1.29 is 25.0 Å². The van der Waals surface area contributed by atoms with Gasteiger partial charge in [0.05, 0.1) is 22.3 Å². The molecule has 44 valence electrons. The molecule has 0 aliphatic rings. The van der Waals surface area contributed by atoms with E-state index in [4.69, 9.17) is 8.22 Å². The zero-order valence-corrected chi connectivity index (χ0v) is 3.86. The zero-order valence-electron chi connectivity index (χ0n) is 9.04. The van der Waals surface area contributed by atoms with Crippen molar-refractivity contribution in [1.29, 1.82) is 0 Å². The number of hydrogen-bond acceptors (Lipinski definition) is 4. The van der Waals surface area contributed by atoms with Crippen LogP contribution in [-0.4, -0.2) is 22.5 Å². The van der Waals surface area contributed by atoms with Gasteiger partial charge >= 0.3 is 10.4 Å². The third kappa shape index (κ3) is 2.55. The lowest BCUT2D eigenvalue weighted by atomic mass is 11.8. The summed E-state index contributed by atoms with van der Waals surface area (Å²) in [6.07, 6.45) is 0. The average Bonchev–Trinajstić information content (AvgIpc) is 1.43. The Kier molecular flexibility index (Phi) is 0.539. The van der Waals surface area contributed by atoms with Crippen LogP contribution >= 0.6 is 0 Å². The molecule has 7 heavy (non-hydrogen) atoms. The largest absolute Gasteiger partial charge is 0.399 e. The Labute approximate surface area is 50.8 Å². The third-order valence-electron chi connectivity index (χ3n) is 0.204. The minimum absolute atomic E-state index is 3.26. The minimum atomic E-state index is -5.02. The van der Waals surface area contributed by atoms with Gasteiger partial charge in [-0.05, 0) is 0 Å². The molecule has 5 heteroatoms. The Balaban J connectivity index is 4.46. The SMILES string of the molecule is [2H]C([2H])([2H])OS(=O)(=O)OC([2H])([2H])[2H]. The quantitative estimate of drug-likeness (QED) is 0.509. The van der Waals surface area contributed by atoms with Gasteiger partial charge in [0.25, 0.3) is 0 Å². The van der Waals surface area contributed by atoms with E-state index in [1.165, 1.54) is 0 Å². The van der Waals surface area contributed by atoms with Crippen molar-refractivity contribution in [2.24, 2.45) is 0 Å². The van der Waals surface area contributed by atoms with E-state index in [1.54, 1.807) is 0 Å². The van der Waals surface area contributed by atoms with Crippen LogP contribution < -0.4 is 0 Å². The van der Waals surface area contributed by atoms with Crippen molar-refractivity contribution in [2.75, 3.05) is 14.1 Å². The predicted molar refractivity (Wildman–Crippen MR) is 22.9 cm³/mol. The summed E-state index contributed by atoms with van der Waals surface area (Å²) in [4.78, 5) is 0. The van der Waals surface area contributed by atoms with Crippen LogP contribution in [0.2, 0.25) is 0 Å². The van der Waals surface area contributed by atoms with E-state index in [9.17, 15) is 8.42 Å². The molecule has 0 amide bonds. The highest BCUT2D eigenvalue weighted by molar-refractivity contribution is 7.81. The van der Waals surface area contributed by atoms with Crippen LogP contribution in [0.15, 0.2) is 0 Å². The van der Waals surface area contributed by atoms with Gasteiger partial charge < -0.3 is 0 Å². The summed E-state index contributed by atoms with van der Waals surface area (Å²) in [5.74, 6) is 0. The van der Waals surface area contributed by atoms with Crippen molar-refractivity contribution in [3.63, 3.8) is 0 Å². The van der Waals surface area contributed by atoms with Crippen LogP contribution in [-0.2, 0) is 18.8 Å². The lowest BCUT2D eigenvalue weighted by molar-refractivity contribution is 0.286. The average molecular weight is 132 g/mol. The molecule has 0 heterocycles. The van der Waals surface area contributed by atoms with E-state index in [0.717, 1.165) is 0 Å². The lowest BCUT2D eigenvalue weighted by Crippen LogP contribution is -2.02. The van der Waals surface area contributed by atoms with Crippen molar-refractivity contribution >= 4 is 10.4 Å². The van der Waals surface area contributed by atoms with E-state index < -0.39 is 24.5 Å². The summed E-state index contributed by atoms with van der Waals surface area (Å²) >= 11 is 0. The summed E-state index contributed by atoms with van der Waals surface area (Å²) in [7, 11) is -11.5. The summed E-state index contributed by atoms with van der Waals surface area (Å²) in [5, 5.41) is 0. The molecule has 0 atom stereocenters. The molecule has 0 aliphatic heterocycles. The van der Waals surface area contributed by atoms with E-state index in [0.29, 0.717) is 0 Å². The van der Waals surface area contributed by atoms with Crippen LogP contribution in [0.1, 0.15) is 8.22 Å². The van der Waals surface area contributed by atoms with Gasteiger partial charge in [0, 0.05) is 0 Å². The maximum Gasteiger partial charge on any atom is 0.399 e. The Morgan fingerprint density at radius 1 is 1.43 bits per heavy atom. The molecule has 0 aromatic heterocycles. The molecule has 0 aromatic carbocycles. The van der Waals surface area contributed by atoms with Gasteiger partial charge in [-0.25, -0.2) is 0 Å². The highest BCUT2D eigenvalue weighted by Gasteiger charge is 2.01. The molecule has 0 rings (SSSR count). The Hall–Kier alpha value is -0.130. The van der Waals surface area contributed by atoms with Crippen molar-refractivity contribution in [3.05, 3.63) is 0 Å². The lowest BCUT2D eigenvalue weighted by Gasteiger charge is -1.91. The second-order valence-electron chi connectivity index (χ2n) is 0.575. The normalized spacial score (nSPS) is 28.0. The minimum Gasteiger partial charge on any atom is -0.252 e. The zero-order chi connectivity index (χ0) is 10.9. The molecule has 0 fully saturated rings. The fourth-order valence-corrected chi connectivity index (χ4v) is 0.0510. The van der Waals surface area contributed by atoms with Crippen molar-refractivity contribution in [3.8, 4) is 0 Å². The van der Waals surface area contributed by atoms with Gasteiger partial charge in [0.2, 0.25) is 0 Å². The summed E-state index contributed by atoms with van der Waals surface area (Å²) in [6.45, 7) is 0. The molecule has 0 aliphatic carbocycles. The molecule has 0 N–H and O–H groups in total. The highest BCUT2D eigenvalue weighted by Crippen LogP contribution is 1.85. The van der Waals surface area contributed by atoms with Crippen molar-refractivity contribution in [1.82, 2.24) is 0 Å². The summed E-state index contributed by atoms with van der Waals surface area (Å²) in [5.41, 5.74) is 0. The molecular formula is C2H6O4S. The van der Waals surface area contributed by atoms with Gasteiger partial charge in [-0.3, -0.25) is 8.37 Å². The van der Waals surface area contributed by atoms with Gasteiger partial charge in [-0.2, -0.15) is 8.42 Å². The monoisotopic (exact) mass is 132 g/mol. The second-order valence-corrected chi connectivity index (χ2v) is 1.72. The van der Waals surface area contributed by atoms with Gasteiger partial charge in [-0.1, -0.05) is 0 Å². The maximum atomic E-state index is 10.5. The molecule has 0 bridgehead atoms. The first-order chi connectivity index (χ1) is 5.41.